The number of benzene rings is 1. The maximum Gasteiger partial charge on any atom is 0.263 e. The van der Waals surface area contributed by atoms with Crippen LogP contribution in [0.4, 0.5) is 5.69 Å². The monoisotopic (exact) mass is 278 g/mol. The van der Waals surface area contributed by atoms with Crippen molar-refractivity contribution in [2.75, 3.05) is 4.72 Å². The summed E-state index contributed by atoms with van der Waals surface area (Å²) in [6, 6.07) is 9.59. The third kappa shape index (κ3) is 3.30. The number of anilines is 1. The number of nitrogens with one attached hydrogen (secondary N) is 1. The second kappa shape index (κ2) is 5.38. The van der Waals surface area contributed by atoms with E-state index >= 15 is 0 Å². The molecule has 2 rings (SSSR count). The smallest absolute Gasteiger partial charge is 0.263 e. The SMILES string of the molecule is CC(O)c1ccc(NS(=O)(=O)c2cccnc2)cc1. The van der Waals surface area contributed by atoms with E-state index in [2.05, 4.69) is 9.71 Å². The van der Waals surface area contributed by atoms with Gasteiger partial charge in [-0.1, -0.05) is 12.1 Å². The van der Waals surface area contributed by atoms with Crippen molar-refractivity contribution >= 4 is 15.7 Å². The highest BCUT2D eigenvalue weighted by atomic mass is 32.2. The summed E-state index contributed by atoms with van der Waals surface area (Å²) in [6.07, 6.45) is 2.21. The van der Waals surface area contributed by atoms with Crippen LogP contribution in [0, 0.1) is 0 Å². The number of rotatable bonds is 4. The summed E-state index contributed by atoms with van der Waals surface area (Å²) < 4.78 is 26.5. The highest BCUT2D eigenvalue weighted by Crippen LogP contribution is 2.18. The van der Waals surface area contributed by atoms with Crippen LogP contribution in [0.5, 0.6) is 0 Å². The van der Waals surface area contributed by atoms with E-state index in [9.17, 15) is 13.5 Å². The summed E-state index contributed by atoms with van der Waals surface area (Å²) in [5.41, 5.74) is 1.16. The Morgan fingerprint density at radius 3 is 2.42 bits per heavy atom. The summed E-state index contributed by atoms with van der Waals surface area (Å²) in [5.74, 6) is 0. The molecule has 0 aliphatic heterocycles. The van der Waals surface area contributed by atoms with Gasteiger partial charge in [0.15, 0.2) is 0 Å². The minimum Gasteiger partial charge on any atom is -0.389 e. The largest absolute Gasteiger partial charge is 0.389 e. The predicted octanol–water partition coefficient (Wildman–Crippen LogP) is 1.94. The molecule has 0 fully saturated rings. The van der Waals surface area contributed by atoms with Gasteiger partial charge in [-0.25, -0.2) is 8.42 Å². The average molecular weight is 278 g/mol. The fourth-order valence-electron chi connectivity index (χ4n) is 1.55. The predicted molar refractivity (Wildman–Crippen MR) is 72.1 cm³/mol. The minimum absolute atomic E-state index is 0.106. The van der Waals surface area contributed by atoms with Gasteiger partial charge in [-0.2, -0.15) is 0 Å². The molecule has 0 amide bonds. The fraction of sp³-hybridized carbons (Fsp3) is 0.154. The van der Waals surface area contributed by atoms with Crippen LogP contribution in [-0.4, -0.2) is 18.5 Å². The first kappa shape index (κ1) is 13.5. The summed E-state index contributed by atoms with van der Waals surface area (Å²) in [4.78, 5) is 3.88. The molecule has 19 heavy (non-hydrogen) atoms. The zero-order chi connectivity index (χ0) is 13.9. The van der Waals surface area contributed by atoms with E-state index in [-0.39, 0.29) is 4.90 Å². The van der Waals surface area contributed by atoms with Gasteiger partial charge in [0.2, 0.25) is 0 Å². The molecule has 0 saturated carbocycles. The van der Waals surface area contributed by atoms with Gasteiger partial charge in [-0.15, -0.1) is 0 Å². The van der Waals surface area contributed by atoms with Gasteiger partial charge in [0.1, 0.15) is 4.90 Å². The van der Waals surface area contributed by atoms with E-state index in [1.807, 2.05) is 0 Å². The molecule has 0 saturated heterocycles. The lowest BCUT2D eigenvalue weighted by molar-refractivity contribution is 0.199. The molecule has 0 aliphatic rings. The Labute approximate surface area is 112 Å². The second-order valence-electron chi connectivity index (χ2n) is 4.09. The molecule has 1 aromatic heterocycles. The molecule has 1 atom stereocenters. The molecule has 0 spiro atoms. The number of pyridine rings is 1. The van der Waals surface area contributed by atoms with E-state index in [0.717, 1.165) is 5.56 Å². The molecule has 6 heteroatoms. The average Bonchev–Trinajstić information content (AvgIpc) is 2.40. The van der Waals surface area contributed by atoms with Crippen molar-refractivity contribution in [3.8, 4) is 0 Å². The van der Waals surface area contributed by atoms with Crippen molar-refractivity contribution in [3.05, 3.63) is 54.4 Å². The van der Waals surface area contributed by atoms with Crippen molar-refractivity contribution < 1.29 is 13.5 Å². The van der Waals surface area contributed by atoms with Crippen molar-refractivity contribution in [2.24, 2.45) is 0 Å². The molecule has 0 bridgehead atoms. The zero-order valence-corrected chi connectivity index (χ0v) is 11.1. The number of hydrogen-bond acceptors (Lipinski definition) is 4. The van der Waals surface area contributed by atoms with E-state index in [0.29, 0.717) is 5.69 Å². The number of hydrogen-bond donors (Lipinski definition) is 2. The molecule has 1 unspecified atom stereocenters. The summed E-state index contributed by atoms with van der Waals surface area (Å²) >= 11 is 0. The molecule has 2 aromatic rings. The number of sulfonamides is 1. The molecule has 5 nitrogen and oxygen atoms in total. The summed E-state index contributed by atoms with van der Waals surface area (Å²) in [6.45, 7) is 1.65. The van der Waals surface area contributed by atoms with Crippen LogP contribution >= 0.6 is 0 Å². The summed E-state index contributed by atoms with van der Waals surface area (Å²) in [5, 5.41) is 9.38. The second-order valence-corrected chi connectivity index (χ2v) is 5.77. The minimum atomic E-state index is -3.62. The Kier molecular flexibility index (Phi) is 3.82. The summed E-state index contributed by atoms with van der Waals surface area (Å²) in [7, 11) is -3.62. The van der Waals surface area contributed by atoms with Crippen LogP contribution in [-0.2, 0) is 10.0 Å². The normalized spacial score (nSPS) is 12.9. The maximum absolute atomic E-state index is 12.0. The van der Waals surface area contributed by atoms with Gasteiger partial charge in [-0.05, 0) is 36.8 Å². The third-order valence-electron chi connectivity index (χ3n) is 2.59. The van der Waals surface area contributed by atoms with E-state index in [1.54, 1.807) is 37.3 Å². The highest BCUT2D eigenvalue weighted by molar-refractivity contribution is 7.92. The number of nitrogens with zero attached hydrogens (tertiary/aromatic N) is 1. The lowest BCUT2D eigenvalue weighted by Gasteiger charge is -2.09. The van der Waals surface area contributed by atoms with Crippen molar-refractivity contribution in [1.82, 2.24) is 4.98 Å². The highest BCUT2D eigenvalue weighted by Gasteiger charge is 2.13. The lowest BCUT2D eigenvalue weighted by atomic mass is 10.1. The topological polar surface area (TPSA) is 79.3 Å². The van der Waals surface area contributed by atoms with E-state index < -0.39 is 16.1 Å². The molecule has 2 N–H and O–H groups in total. The first-order valence-electron chi connectivity index (χ1n) is 5.70. The van der Waals surface area contributed by atoms with E-state index in [1.165, 1.54) is 18.5 Å². The molecule has 0 radical (unpaired) electrons. The fourth-order valence-corrected chi connectivity index (χ4v) is 2.57. The lowest BCUT2D eigenvalue weighted by Crippen LogP contribution is -2.13. The molecule has 1 heterocycles. The van der Waals surface area contributed by atoms with Gasteiger partial charge in [0.05, 0.1) is 6.10 Å². The molecule has 100 valence electrons. The van der Waals surface area contributed by atoms with Crippen molar-refractivity contribution in [1.29, 1.82) is 0 Å². The van der Waals surface area contributed by atoms with Crippen LogP contribution < -0.4 is 4.72 Å². The Morgan fingerprint density at radius 2 is 1.89 bits per heavy atom. The first-order chi connectivity index (χ1) is 8.99. The Morgan fingerprint density at radius 1 is 1.21 bits per heavy atom. The van der Waals surface area contributed by atoms with Gasteiger partial charge in [0, 0.05) is 18.1 Å². The number of aliphatic hydroxyl groups is 1. The van der Waals surface area contributed by atoms with Crippen LogP contribution in [0.1, 0.15) is 18.6 Å². The van der Waals surface area contributed by atoms with Gasteiger partial charge < -0.3 is 5.11 Å². The standard InChI is InChI=1S/C13H14N2O3S/c1-10(16)11-4-6-12(7-5-11)15-19(17,18)13-3-2-8-14-9-13/h2-10,15-16H,1H3. The van der Waals surface area contributed by atoms with E-state index in [4.69, 9.17) is 0 Å². The Balaban J connectivity index is 2.21. The number of aromatic nitrogens is 1. The maximum atomic E-state index is 12.0. The Bertz CT molecular complexity index is 637. The van der Waals surface area contributed by atoms with Gasteiger partial charge >= 0.3 is 0 Å². The zero-order valence-electron chi connectivity index (χ0n) is 10.3. The molecular weight excluding hydrogens is 264 g/mol. The van der Waals surface area contributed by atoms with Crippen LogP contribution in [0.15, 0.2) is 53.7 Å². The number of aliphatic hydroxyl groups excluding tert-OH is 1. The van der Waals surface area contributed by atoms with Gasteiger partial charge in [0.25, 0.3) is 10.0 Å². The van der Waals surface area contributed by atoms with Crippen LogP contribution in [0.2, 0.25) is 0 Å². The first-order valence-corrected chi connectivity index (χ1v) is 7.18. The Hall–Kier alpha value is -1.92. The van der Waals surface area contributed by atoms with Crippen molar-refractivity contribution in [3.63, 3.8) is 0 Å². The van der Waals surface area contributed by atoms with Gasteiger partial charge in [-0.3, -0.25) is 9.71 Å². The third-order valence-corrected chi connectivity index (χ3v) is 3.96. The van der Waals surface area contributed by atoms with Crippen LogP contribution in [0.3, 0.4) is 0 Å². The van der Waals surface area contributed by atoms with Crippen LogP contribution in [0.25, 0.3) is 0 Å². The molecule has 1 aromatic carbocycles. The molecule has 0 aliphatic carbocycles. The quantitative estimate of drug-likeness (QED) is 0.895. The molecular formula is C13H14N2O3S. The van der Waals surface area contributed by atoms with Crippen molar-refractivity contribution in [2.45, 2.75) is 17.9 Å².